The van der Waals surface area contributed by atoms with Crippen LogP contribution in [0.2, 0.25) is 0 Å². The van der Waals surface area contributed by atoms with Crippen molar-refractivity contribution in [1.29, 1.82) is 0 Å². The Labute approximate surface area is 115 Å². The summed E-state index contributed by atoms with van der Waals surface area (Å²) < 4.78 is 56.6. The molecule has 1 unspecified atom stereocenters. The number of hydrogen-bond donors (Lipinski definition) is 1. The molecule has 1 atom stereocenters. The summed E-state index contributed by atoms with van der Waals surface area (Å²) in [5.74, 6) is -0.628. The van der Waals surface area contributed by atoms with Gasteiger partial charge in [-0.05, 0) is 36.5 Å². The van der Waals surface area contributed by atoms with Crippen LogP contribution in [0.1, 0.15) is 32.8 Å². The topological polar surface area (TPSA) is 29.5 Å². The van der Waals surface area contributed by atoms with Crippen LogP contribution in [0.3, 0.4) is 0 Å². The molecule has 0 amide bonds. The molecule has 0 spiro atoms. The average molecular weight is 294 g/mol. The number of alkyl halides is 3. The van der Waals surface area contributed by atoms with Gasteiger partial charge in [0.25, 0.3) is 0 Å². The minimum absolute atomic E-state index is 0.0205. The van der Waals surface area contributed by atoms with Crippen LogP contribution in [-0.2, 0) is 5.41 Å². The SMILES string of the molecule is COc1ccc(C(C)(C)CC(C)(O)C(F)(F)F)cc1F. The summed E-state index contributed by atoms with van der Waals surface area (Å²) >= 11 is 0. The molecule has 1 aromatic carbocycles. The molecule has 2 nitrogen and oxygen atoms in total. The van der Waals surface area contributed by atoms with Gasteiger partial charge in [0, 0.05) is 0 Å². The molecule has 0 aliphatic heterocycles. The van der Waals surface area contributed by atoms with E-state index in [9.17, 15) is 22.7 Å². The molecule has 114 valence electrons. The molecule has 1 rings (SSSR count). The van der Waals surface area contributed by atoms with Crippen molar-refractivity contribution in [3.05, 3.63) is 29.6 Å². The van der Waals surface area contributed by atoms with Crippen LogP contribution in [-0.4, -0.2) is 24.0 Å². The second kappa shape index (κ2) is 5.24. The summed E-state index contributed by atoms with van der Waals surface area (Å²) in [4.78, 5) is 0. The number of halogens is 4. The fraction of sp³-hybridized carbons (Fsp3) is 0.571. The molecule has 0 heterocycles. The highest BCUT2D eigenvalue weighted by Crippen LogP contribution is 2.41. The van der Waals surface area contributed by atoms with Crippen molar-refractivity contribution < 1.29 is 27.4 Å². The zero-order valence-corrected chi connectivity index (χ0v) is 11.8. The van der Waals surface area contributed by atoms with Crippen LogP contribution in [0, 0.1) is 5.82 Å². The van der Waals surface area contributed by atoms with Crippen LogP contribution in [0.5, 0.6) is 5.75 Å². The van der Waals surface area contributed by atoms with Crippen LogP contribution in [0.15, 0.2) is 18.2 Å². The van der Waals surface area contributed by atoms with E-state index in [0.717, 1.165) is 6.07 Å². The van der Waals surface area contributed by atoms with E-state index in [1.54, 1.807) is 0 Å². The van der Waals surface area contributed by atoms with E-state index in [1.165, 1.54) is 33.1 Å². The zero-order valence-electron chi connectivity index (χ0n) is 11.8. The molecule has 20 heavy (non-hydrogen) atoms. The maximum Gasteiger partial charge on any atom is 0.416 e. The van der Waals surface area contributed by atoms with E-state index in [0.29, 0.717) is 12.5 Å². The largest absolute Gasteiger partial charge is 0.494 e. The number of ether oxygens (including phenoxy) is 1. The Kier molecular flexibility index (Phi) is 4.39. The van der Waals surface area contributed by atoms with Gasteiger partial charge in [-0.2, -0.15) is 13.2 Å². The summed E-state index contributed by atoms with van der Waals surface area (Å²) in [6.07, 6.45) is -5.31. The lowest BCUT2D eigenvalue weighted by molar-refractivity contribution is -0.259. The Balaban J connectivity index is 3.08. The number of benzene rings is 1. The molecule has 1 aromatic rings. The summed E-state index contributed by atoms with van der Waals surface area (Å²) in [5, 5.41) is 9.57. The van der Waals surface area contributed by atoms with Gasteiger partial charge in [-0.25, -0.2) is 4.39 Å². The molecule has 6 heteroatoms. The molecule has 1 N–H and O–H groups in total. The lowest BCUT2D eigenvalue weighted by Crippen LogP contribution is -2.46. The number of rotatable bonds is 4. The van der Waals surface area contributed by atoms with Gasteiger partial charge in [0.1, 0.15) is 0 Å². The predicted octanol–water partition coefficient (Wildman–Crippen LogP) is 3.82. The Hall–Kier alpha value is -1.30. The fourth-order valence-corrected chi connectivity index (χ4v) is 2.15. The van der Waals surface area contributed by atoms with Crippen molar-refractivity contribution in [2.45, 2.75) is 44.4 Å². The second-order valence-corrected chi connectivity index (χ2v) is 5.68. The van der Waals surface area contributed by atoms with E-state index in [1.807, 2.05) is 0 Å². The van der Waals surface area contributed by atoms with E-state index >= 15 is 0 Å². The highest BCUT2D eigenvalue weighted by molar-refractivity contribution is 5.33. The van der Waals surface area contributed by atoms with Crippen molar-refractivity contribution >= 4 is 0 Å². The first-order valence-corrected chi connectivity index (χ1v) is 6.04. The third kappa shape index (κ3) is 3.42. The highest BCUT2D eigenvalue weighted by atomic mass is 19.4. The maximum absolute atomic E-state index is 13.6. The summed E-state index contributed by atoms with van der Waals surface area (Å²) in [7, 11) is 1.30. The van der Waals surface area contributed by atoms with Crippen molar-refractivity contribution in [2.24, 2.45) is 0 Å². The van der Waals surface area contributed by atoms with Gasteiger partial charge in [-0.1, -0.05) is 19.9 Å². The van der Waals surface area contributed by atoms with Crippen LogP contribution in [0.4, 0.5) is 17.6 Å². The first-order chi connectivity index (χ1) is 8.90. The van der Waals surface area contributed by atoms with Gasteiger partial charge in [-0.3, -0.25) is 0 Å². The van der Waals surface area contributed by atoms with Gasteiger partial charge in [0.2, 0.25) is 0 Å². The monoisotopic (exact) mass is 294 g/mol. The summed E-state index contributed by atoms with van der Waals surface area (Å²) in [5.41, 5.74) is -3.53. The molecule has 0 aliphatic carbocycles. The summed E-state index contributed by atoms with van der Waals surface area (Å²) in [6.45, 7) is 3.76. The van der Waals surface area contributed by atoms with E-state index in [2.05, 4.69) is 0 Å². The molecular weight excluding hydrogens is 276 g/mol. The molecule has 0 saturated carbocycles. The first-order valence-electron chi connectivity index (χ1n) is 6.04. The summed E-state index contributed by atoms with van der Waals surface area (Å²) in [6, 6.07) is 3.98. The molecule has 0 saturated heterocycles. The van der Waals surface area contributed by atoms with E-state index < -0.39 is 29.4 Å². The normalized spacial score (nSPS) is 15.8. The van der Waals surface area contributed by atoms with Gasteiger partial charge in [0.05, 0.1) is 7.11 Å². The van der Waals surface area contributed by atoms with Crippen LogP contribution in [0.25, 0.3) is 0 Å². The standard InChI is InChI=1S/C14H18F4O2/c1-12(2,8-13(3,19)14(16,17)18)9-5-6-11(20-4)10(15)7-9/h5-7,19H,8H2,1-4H3. The second-order valence-electron chi connectivity index (χ2n) is 5.68. The molecule has 0 aromatic heterocycles. The Morgan fingerprint density at radius 2 is 1.70 bits per heavy atom. The van der Waals surface area contributed by atoms with Gasteiger partial charge >= 0.3 is 6.18 Å². The average Bonchev–Trinajstić information content (AvgIpc) is 2.25. The molecule has 0 radical (unpaired) electrons. The van der Waals surface area contributed by atoms with E-state index in [4.69, 9.17) is 4.74 Å². The van der Waals surface area contributed by atoms with Crippen molar-refractivity contribution in [2.75, 3.05) is 7.11 Å². The quantitative estimate of drug-likeness (QED) is 0.856. The fourth-order valence-electron chi connectivity index (χ4n) is 2.15. The highest BCUT2D eigenvalue weighted by Gasteiger charge is 2.52. The lowest BCUT2D eigenvalue weighted by Gasteiger charge is -2.35. The van der Waals surface area contributed by atoms with E-state index in [-0.39, 0.29) is 5.75 Å². The van der Waals surface area contributed by atoms with Crippen molar-refractivity contribution in [1.82, 2.24) is 0 Å². The third-order valence-corrected chi connectivity index (χ3v) is 3.33. The zero-order chi connectivity index (χ0) is 15.8. The van der Waals surface area contributed by atoms with Gasteiger partial charge in [0.15, 0.2) is 17.2 Å². The van der Waals surface area contributed by atoms with Crippen LogP contribution >= 0.6 is 0 Å². The number of methoxy groups -OCH3 is 1. The van der Waals surface area contributed by atoms with Crippen LogP contribution < -0.4 is 4.74 Å². The molecule has 0 bridgehead atoms. The number of hydrogen-bond acceptors (Lipinski definition) is 2. The minimum atomic E-state index is -4.74. The maximum atomic E-state index is 13.6. The number of aliphatic hydroxyl groups is 1. The molecule has 0 fully saturated rings. The van der Waals surface area contributed by atoms with Gasteiger partial charge < -0.3 is 9.84 Å². The third-order valence-electron chi connectivity index (χ3n) is 3.33. The lowest BCUT2D eigenvalue weighted by atomic mass is 9.75. The van der Waals surface area contributed by atoms with Gasteiger partial charge in [-0.15, -0.1) is 0 Å². The Morgan fingerprint density at radius 1 is 1.15 bits per heavy atom. The van der Waals surface area contributed by atoms with Crippen molar-refractivity contribution in [3.8, 4) is 5.75 Å². The Bertz CT molecular complexity index is 479. The molecular formula is C14H18F4O2. The minimum Gasteiger partial charge on any atom is -0.494 e. The Morgan fingerprint density at radius 3 is 2.10 bits per heavy atom. The molecule has 0 aliphatic rings. The predicted molar refractivity (Wildman–Crippen MR) is 67.3 cm³/mol. The smallest absolute Gasteiger partial charge is 0.416 e. The van der Waals surface area contributed by atoms with Crippen molar-refractivity contribution in [3.63, 3.8) is 0 Å². The first kappa shape index (κ1) is 16.8.